The normalized spacial score (nSPS) is 20.8. The van der Waals surface area contributed by atoms with E-state index in [-0.39, 0.29) is 17.3 Å². The monoisotopic (exact) mass is 691 g/mol. The molecule has 2 aromatic rings. The summed E-state index contributed by atoms with van der Waals surface area (Å²) in [4.78, 5) is 12.9. The third-order valence-electron chi connectivity index (χ3n) is 8.39. The molecule has 0 radical (unpaired) electrons. The van der Waals surface area contributed by atoms with Crippen LogP contribution in [0.4, 0.5) is 11.4 Å². The Labute approximate surface area is 260 Å². The van der Waals surface area contributed by atoms with Gasteiger partial charge in [-0.3, -0.25) is 0 Å². The Morgan fingerprint density at radius 2 is 1.71 bits per heavy atom. The van der Waals surface area contributed by atoms with Crippen LogP contribution < -0.4 is 9.64 Å². The van der Waals surface area contributed by atoms with Gasteiger partial charge in [-0.1, -0.05) is 83.4 Å². The molecule has 1 aliphatic heterocycles. The van der Waals surface area contributed by atoms with Gasteiger partial charge in [-0.15, -0.1) is 5.41 Å². The van der Waals surface area contributed by atoms with Crippen molar-refractivity contribution in [2.24, 2.45) is 11.3 Å². The molecule has 1 atom stereocenters. The summed E-state index contributed by atoms with van der Waals surface area (Å²) in [5.74, 6) is 1.43. The molecular formula is C33H47Cl2N2O3Ru-. The maximum Gasteiger partial charge on any atom is 0.0140 e. The smallest absolute Gasteiger partial charge is 0.0140 e. The molecule has 1 saturated carbocycles. The van der Waals surface area contributed by atoms with Gasteiger partial charge in [0.1, 0.15) is 0 Å². The van der Waals surface area contributed by atoms with Crippen LogP contribution in [-0.4, -0.2) is 21.2 Å². The number of hydrogen-bond acceptors (Lipinski definition) is 4. The summed E-state index contributed by atoms with van der Waals surface area (Å²) in [5, 5.41) is 10.7. The SMILES string of the molecule is CC(C)Oc1ccc([N+](=O)[O-])cc1[CH]=[Ru]([Cl])[Cl].CCc1cccc(CC)c1N1[CH-][C@@](C)(C2CCCCC2)CC1(C)C. The van der Waals surface area contributed by atoms with E-state index in [1.54, 1.807) is 10.7 Å². The van der Waals surface area contributed by atoms with E-state index in [0.717, 1.165) is 18.8 Å². The summed E-state index contributed by atoms with van der Waals surface area (Å²) in [6, 6.07) is 11.3. The van der Waals surface area contributed by atoms with E-state index < -0.39 is 18.4 Å². The van der Waals surface area contributed by atoms with Crippen LogP contribution in [0.25, 0.3) is 0 Å². The van der Waals surface area contributed by atoms with Gasteiger partial charge in [0.15, 0.2) is 0 Å². The minimum Gasteiger partial charge on any atom is -0.517 e. The minimum absolute atomic E-state index is 0.00360. The first-order chi connectivity index (χ1) is 19.3. The van der Waals surface area contributed by atoms with Crippen molar-refractivity contribution in [3.63, 3.8) is 0 Å². The molecule has 8 heteroatoms. The number of rotatable bonds is 8. The summed E-state index contributed by atoms with van der Waals surface area (Å²) >= 11 is -2.05. The number of benzene rings is 2. The van der Waals surface area contributed by atoms with Crippen molar-refractivity contribution in [3.05, 3.63) is 69.7 Å². The van der Waals surface area contributed by atoms with E-state index in [9.17, 15) is 10.1 Å². The molecule has 0 unspecified atom stereocenters. The molecule has 2 aromatic carbocycles. The molecule has 230 valence electrons. The maximum atomic E-state index is 10.7. The zero-order valence-corrected chi connectivity index (χ0v) is 28.9. The number of para-hydroxylation sites is 1. The third-order valence-corrected chi connectivity index (χ3v) is 10.2. The van der Waals surface area contributed by atoms with Crippen molar-refractivity contribution in [2.45, 2.75) is 111 Å². The molecule has 4 rings (SSSR count). The Balaban J connectivity index is 0.000000241. The van der Waals surface area contributed by atoms with Gasteiger partial charge in [0.05, 0.1) is 0 Å². The van der Waals surface area contributed by atoms with Crippen molar-refractivity contribution < 1.29 is 23.2 Å². The number of anilines is 1. The first-order valence-electron chi connectivity index (χ1n) is 14.9. The van der Waals surface area contributed by atoms with E-state index in [2.05, 4.69) is 64.3 Å². The largest absolute Gasteiger partial charge is 0.517 e. The van der Waals surface area contributed by atoms with E-state index >= 15 is 0 Å². The van der Waals surface area contributed by atoms with Gasteiger partial charge in [0, 0.05) is 11.2 Å². The number of aryl methyl sites for hydroxylation is 2. The predicted molar refractivity (Wildman–Crippen MR) is 171 cm³/mol. The summed E-state index contributed by atoms with van der Waals surface area (Å²) in [6.07, 6.45) is 10.6. The molecule has 0 spiro atoms. The Morgan fingerprint density at radius 1 is 1.10 bits per heavy atom. The maximum absolute atomic E-state index is 10.7. The van der Waals surface area contributed by atoms with Gasteiger partial charge in [-0.25, -0.2) is 6.54 Å². The van der Waals surface area contributed by atoms with Crippen LogP contribution in [0, 0.1) is 28.0 Å². The van der Waals surface area contributed by atoms with Crippen molar-refractivity contribution in [2.75, 3.05) is 4.90 Å². The average Bonchev–Trinajstić information content (AvgIpc) is 3.18. The molecule has 0 aromatic heterocycles. The van der Waals surface area contributed by atoms with Crippen LogP contribution in [0.2, 0.25) is 0 Å². The van der Waals surface area contributed by atoms with E-state index in [0.29, 0.717) is 16.7 Å². The minimum atomic E-state index is -2.05. The fourth-order valence-corrected chi connectivity index (χ4v) is 8.39. The number of ether oxygens (including phenoxy) is 1. The van der Waals surface area contributed by atoms with E-state index in [4.69, 9.17) is 24.1 Å². The number of nitrogens with zero attached hydrogens (tertiary/aromatic N) is 2. The molecule has 1 aliphatic carbocycles. The molecule has 2 fully saturated rings. The number of nitro benzene ring substituents is 1. The van der Waals surface area contributed by atoms with Crippen LogP contribution in [0.15, 0.2) is 36.4 Å². The molecule has 1 heterocycles. The van der Waals surface area contributed by atoms with Crippen LogP contribution in [-0.2, 0) is 26.4 Å². The molecule has 0 amide bonds. The third kappa shape index (κ3) is 8.77. The van der Waals surface area contributed by atoms with Gasteiger partial charge in [0.25, 0.3) is 0 Å². The van der Waals surface area contributed by atoms with Crippen molar-refractivity contribution in [1.82, 2.24) is 0 Å². The molecule has 1 saturated heterocycles. The second-order valence-electron chi connectivity index (χ2n) is 12.4. The van der Waals surface area contributed by atoms with Crippen molar-refractivity contribution >= 4 is 35.4 Å². The Hall–Kier alpha value is -1.49. The van der Waals surface area contributed by atoms with Crippen LogP contribution in [0.5, 0.6) is 5.75 Å². The van der Waals surface area contributed by atoms with E-state index in [1.165, 1.54) is 67.5 Å². The van der Waals surface area contributed by atoms with Crippen LogP contribution in [0.1, 0.15) is 104 Å². The molecule has 5 nitrogen and oxygen atoms in total. The van der Waals surface area contributed by atoms with Crippen molar-refractivity contribution in [1.29, 1.82) is 0 Å². The van der Waals surface area contributed by atoms with Gasteiger partial charge in [-0.2, -0.15) is 0 Å². The summed E-state index contributed by atoms with van der Waals surface area (Å²) in [5.41, 5.74) is 5.66. The standard InChI is InChI=1S/C23H36N.C10H11NO3.2ClH.Ru/c1-6-18-12-11-13-19(7-2)21(18)24-17-23(5,16-22(24,3)4)20-14-9-8-10-15-20;1-7(2)14-10-5-4-9(11(12)13)6-8(10)3;;;/h11-13,17,20H,6-10,14-16H2,1-5H3;3-7H,1-2H3;2*1H;/q-1;;;;+2/p-2/t23-;;;;/m0..../s1. The second-order valence-corrected chi connectivity index (χ2v) is 18.1. The first-order valence-corrected chi connectivity index (χ1v) is 20.3. The topological polar surface area (TPSA) is 55.6 Å². The Kier molecular flexibility index (Phi) is 12.3. The molecular weight excluding hydrogens is 644 g/mol. The van der Waals surface area contributed by atoms with Gasteiger partial charge in [0.2, 0.25) is 0 Å². The summed E-state index contributed by atoms with van der Waals surface area (Å²) < 4.78 is 7.17. The predicted octanol–water partition coefficient (Wildman–Crippen LogP) is 10.0. The Morgan fingerprint density at radius 3 is 2.22 bits per heavy atom. The van der Waals surface area contributed by atoms with Crippen LogP contribution >= 0.6 is 19.4 Å². The number of halogens is 2. The Bertz CT molecular complexity index is 1200. The number of nitro groups is 1. The summed E-state index contributed by atoms with van der Waals surface area (Å²) in [6.45, 7) is 18.4. The number of hydrogen-bond donors (Lipinski definition) is 0. The fourth-order valence-electron chi connectivity index (χ4n) is 6.61. The fraction of sp³-hybridized carbons (Fsp3) is 0.576. The van der Waals surface area contributed by atoms with Crippen molar-refractivity contribution in [3.8, 4) is 5.75 Å². The summed E-state index contributed by atoms with van der Waals surface area (Å²) in [7, 11) is 11.6. The van der Waals surface area contributed by atoms with E-state index in [1.807, 2.05) is 13.8 Å². The van der Waals surface area contributed by atoms with Gasteiger partial charge < -0.3 is 4.90 Å². The molecule has 0 bridgehead atoms. The molecule has 2 aliphatic rings. The molecule has 0 N–H and O–H groups in total. The second kappa shape index (κ2) is 14.8. The van der Waals surface area contributed by atoms with Gasteiger partial charge in [-0.05, 0) is 37.8 Å². The average molecular weight is 692 g/mol. The zero-order valence-electron chi connectivity index (χ0n) is 25.7. The zero-order chi connectivity index (χ0) is 30.4. The first kappa shape index (κ1) is 34.0. The number of non-ortho nitro benzene ring substituents is 1. The quantitative estimate of drug-likeness (QED) is 0.120. The van der Waals surface area contributed by atoms with Gasteiger partial charge >= 0.3 is 112 Å². The van der Waals surface area contributed by atoms with Crippen LogP contribution in [0.3, 0.4) is 0 Å². The molecule has 41 heavy (non-hydrogen) atoms.